The topological polar surface area (TPSA) is 66.6 Å². The molecule has 1 aromatic heterocycles. The third-order valence-corrected chi connectivity index (χ3v) is 4.50. The summed E-state index contributed by atoms with van der Waals surface area (Å²) in [4.78, 5) is 0. The first kappa shape index (κ1) is 16.6. The summed E-state index contributed by atoms with van der Waals surface area (Å²) in [5, 5.41) is 9.77. The molecule has 3 N–H and O–H groups in total. The molecule has 114 valence electrons. The highest BCUT2D eigenvalue weighted by atomic mass is 35.5. The minimum Gasteiger partial charge on any atom is -0.410 e. The molecule has 0 amide bonds. The molecule has 4 nitrogen and oxygen atoms in total. The van der Waals surface area contributed by atoms with Crippen molar-refractivity contribution < 1.29 is 10.2 Å². The van der Waals surface area contributed by atoms with Gasteiger partial charge in [-0.25, -0.2) is 0 Å². The van der Waals surface area contributed by atoms with Gasteiger partial charge < -0.3 is 10.2 Å². The zero-order chi connectivity index (χ0) is 15.4. The van der Waals surface area contributed by atoms with Gasteiger partial charge in [0.15, 0.2) is 6.04 Å². The van der Waals surface area contributed by atoms with Crippen LogP contribution in [0.2, 0.25) is 10.0 Å². The van der Waals surface area contributed by atoms with E-state index in [9.17, 15) is 0 Å². The van der Waals surface area contributed by atoms with Crippen molar-refractivity contribution in [2.75, 3.05) is 0 Å². The molecule has 7 heteroatoms. The minimum atomic E-state index is 0.0387. The summed E-state index contributed by atoms with van der Waals surface area (Å²) in [6.45, 7) is 4.29. The molecule has 0 aliphatic rings. The lowest BCUT2D eigenvalue weighted by molar-refractivity contribution is -0.435. The molecule has 1 heterocycles. The van der Waals surface area contributed by atoms with Gasteiger partial charge in [-0.05, 0) is 23.6 Å². The SMILES string of the molecule is CC(C)C[C@H]([NH3+])c1nnc(SCc2ccc(Cl)c(Cl)c2)o1. The van der Waals surface area contributed by atoms with Crippen LogP contribution >= 0.6 is 35.0 Å². The van der Waals surface area contributed by atoms with Crippen molar-refractivity contribution >= 4 is 35.0 Å². The Balaban J connectivity index is 1.94. The Kier molecular flexibility index (Phi) is 5.93. The molecule has 0 radical (unpaired) electrons. The van der Waals surface area contributed by atoms with Crippen molar-refractivity contribution in [3.05, 3.63) is 39.7 Å². The van der Waals surface area contributed by atoms with E-state index in [-0.39, 0.29) is 6.04 Å². The Morgan fingerprint density at radius 3 is 2.67 bits per heavy atom. The van der Waals surface area contributed by atoms with E-state index in [2.05, 4.69) is 29.8 Å². The molecule has 0 bridgehead atoms. The van der Waals surface area contributed by atoms with Crippen molar-refractivity contribution in [2.24, 2.45) is 5.92 Å². The standard InChI is InChI=1S/C14H17Cl2N3OS/c1-8(2)5-12(17)13-18-19-14(20-13)21-7-9-3-4-10(15)11(16)6-9/h3-4,6,8,12H,5,7,17H2,1-2H3/p+1/t12-/m0/s1. The highest BCUT2D eigenvalue weighted by molar-refractivity contribution is 7.98. The Hall–Kier alpha value is -0.750. The largest absolute Gasteiger partial charge is 0.410 e. The Morgan fingerprint density at radius 1 is 1.24 bits per heavy atom. The molecule has 0 fully saturated rings. The van der Waals surface area contributed by atoms with Crippen LogP contribution in [0.4, 0.5) is 0 Å². The molecule has 2 rings (SSSR count). The van der Waals surface area contributed by atoms with Gasteiger partial charge in [-0.1, -0.05) is 54.9 Å². The van der Waals surface area contributed by atoms with Crippen LogP contribution in [-0.2, 0) is 5.75 Å². The number of halogens is 2. The monoisotopic (exact) mass is 346 g/mol. The smallest absolute Gasteiger partial charge is 0.277 e. The summed E-state index contributed by atoms with van der Waals surface area (Å²) in [6, 6.07) is 5.60. The molecular formula is C14H18Cl2N3OS+. The van der Waals surface area contributed by atoms with Crippen LogP contribution in [0.3, 0.4) is 0 Å². The second-order valence-corrected chi connectivity index (χ2v) is 7.01. The number of nitrogens with zero attached hydrogens (tertiary/aromatic N) is 2. The van der Waals surface area contributed by atoms with Gasteiger partial charge in [0.05, 0.1) is 10.0 Å². The average molecular weight is 347 g/mol. The van der Waals surface area contributed by atoms with Crippen LogP contribution in [-0.4, -0.2) is 10.2 Å². The van der Waals surface area contributed by atoms with E-state index in [4.69, 9.17) is 27.6 Å². The summed E-state index contributed by atoms with van der Waals surface area (Å²) < 4.78 is 5.64. The molecule has 0 spiro atoms. The highest BCUT2D eigenvalue weighted by Crippen LogP contribution is 2.28. The van der Waals surface area contributed by atoms with Gasteiger partial charge in [-0.2, -0.15) is 0 Å². The second kappa shape index (κ2) is 7.49. The lowest BCUT2D eigenvalue weighted by Crippen LogP contribution is -2.54. The van der Waals surface area contributed by atoms with E-state index >= 15 is 0 Å². The first-order valence-corrected chi connectivity index (χ1v) is 8.43. The molecule has 0 saturated carbocycles. The number of thioether (sulfide) groups is 1. The van der Waals surface area contributed by atoms with Crippen LogP contribution in [0.1, 0.15) is 37.8 Å². The van der Waals surface area contributed by atoms with Gasteiger partial charge in [0.25, 0.3) is 11.1 Å². The lowest BCUT2D eigenvalue weighted by Gasteiger charge is -2.05. The van der Waals surface area contributed by atoms with Crippen molar-refractivity contribution in [3.8, 4) is 0 Å². The normalized spacial score (nSPS) is 12.9. The molecule has 1 aromatic carbocycles. The van der Waals surface area contributed by atoms with Crippen LogP contribution in [0.25, 0.3) is 0 Å². The summed E-state index contributed by atoms with van der Waals surface area (Å²) >= 11 is 13.4. The maximum atomic E-state index is 5.99. The average Bonchev–Trinajstić information content (AvgIpc) is 2.88. The zero-order valence-electron chi connectivity index (χ0n) is 12.0. The second-order valence-electron chi connectivity index (χ2n) is 5.27. The molecule has 2 aromatic rings. The molecule has 0 aliphatic carbocycles. The fourth-order valence-electron chi connectivity index (χ4n) is 1.89. The van der Waals surface area contributed by atoms with E-state index in [0.29, 0.717) is 32.8 Å². The third kappa shape index (κ3) is 4.88. The summed E-state index contributed by atoms with van der Waals surface area (Å²) in [5.74, 6) is 1.84. The number of benzene rings is 1. The Bertz CT molecular complexity index is 604. The molecule has 21 heavy (non-hydrogen) atoms. The van der Waals surface area contributed by atoms with E-state index < -0.39 is 0 Å². The minimum absolute atomic E-state index is 0.0387. The van der Waals surface area contributed by atoms with Gasteiger partial charge in [0, 0.05) is 12.2 Å². The summed E-state index contributed by atoms with van der Waals surface area (Å²) in [5.41, 5.74) is 5.12. The van der Waals surface area contributed by atoms with Crippen LogP contribution in [0.15, 0.2) is 27.8 Å². The van der Waals surface area contributed by atoms with E-state index in [0.717, 1.165) is 12.0 Å². The predicted molar refractivity (Wildman–Crippen MR) is 85.4 cm³/mol. The van der Waals surface area contributed by atoms with Crippen molar-refractivity contribution in [3.63, 3.8) is 0 Å². The van der Waals surface area contributed by atoms with Crippen LogP contribution < -0.4 is 5.73 Å². The summed E-state index contributed by atoms with van der Waals surface area (Å²) in [7, 11) is 0. The van der Waals surface area contributed by atoms with Crippen molar-refractivity contribution in [2.45, 2.75) is 37.3 Å². The quantitative estimate of drug-likeness (QED) is 0.802. The van der Waals surface area contributed by atoms with Crippen LogP contribution in [0, 0.1) is 5.92 Å². The molecule has 0 unspecified atom stereocenters. The molecule has 1 atom stereocenters. The first-order valence-electron chi connectivity index (χ1n) is 6.69. The van der Waals surface area contributed by atoms with E-state index in [1.54, 1.807) is 6.07 Å². The van der Waals surface area contributed by atoms with Gasteiger partial charge in [0.2, 0.25) is 0 Å². The fourth-order valence-corrected chi connectivity index (χ4v) is 2.92. The third-order valence-electron chi connectivity index (χ3n) is 2.87. The Morgan fingerprint density at radius 2 is 2.00 bits per heavy atom. The van der Waals surface area contributed by atoms with Crippen LogP contribution in [0.5, 0.6) is 0 Å². The maximum Gasteiger partial charge on any atom is 0.277 e. The van der Waals surface area contributed by atoms with Gasteiger partial charge >= 0.3 is 0 Å². The predicted octanol–water partition coefficient (Wildman–Crippen LogP) is 4.00. The molecule has 0 aliphatic heterocycles. The number of quaternary nitrogens is 1. The molecular weight excluding hydrogens is 329 g/mol. The van der Waals surface area contributed by atoms with Crippen molar-refractivity contribution in [1.29, 1.82) is 0 Å². The molecule has 0 saturated heterocycles. The maximum absolute atomic E-state index is 5.99. The Labute approximate surface area is 138 Å². The lowest BCUT2D eigenvalue weighted by atomic mass is 10.1. The van der Waals surface area contributed by atoms with E-state index in [1.807, 2.05) is 12.1 Å². The van der Waals surface area contributed by atoms with E-state index in [1.165, 1.54) is 11.8 Å². The van der Waals surface area contributed by atoms with Gasteiger partial charge in [-0.15, -0.1) is 10.2 Å². The van der Waals surface area contributed by atoms with Crippen molar-refractivity contribution in [1.82, 2.24) is 10.2 Å². The fraction of sp³-hybridized carbons (Fsp3) is 0.429. The number of aromatic nitrogens is 2. The van der Waals surface area contributed by atoms with Gasteiger partial charge in [0.1, 0.15) is 0 Å². The summed E-state index contributed by atoms with van der Waals surface area (Å²) in [6.07, 6.45) is 0.930. The first-order chi connectivity index (χ1) is 9.95. The zero-order valence-corrected chi connectivity index (χ0v) is 14.3. The highest BCUT2D eigenvalue weighted by Gasteiger charge is 2.19. The number of hydrogen-bond donors (Lipinski definition) is 1. The number of hydrogen-bond acceptors (Lipinski definition) is 4. The van der Waals surface area contributed by atoms with Gasteiger partial charge in [-0.3, -0.25) is 0 Å². The number of rotatable bonds is 6.